The molecule has 2 aromatic carbocycles. The second-order valence-electron chi connectivity index (χ2n) is 7.38. The SMILES string of the molecule is C=C(C)C[C@H](c1ccc(OCc2ccccc2)c(OCC)c1)N1CCNCC1. The van der Waals surface area contributed by atoms with E-state index < -0.39 is 0 Å². The van der Waals surface area contributed by atoms with Gasteiger partial charge in [0.1, 0.15) is 6.61 Å². The summed E-state index contributed by atoms with van der Waals surface area (Å²) in [7, 11) is 0. The third-order valence-corrected chi connectivity index (χ3v) is 5.02. The van der Waals surface area contributed by atoms with E-state index >= 15 is 0 Å². The van der Waals surface area contributed by atoms with Crippen LogP contribution in [-0.4, -0.2) is 37.7 Å². The van der Waals surface area contributed by atoms with E-state index in [1.807, 2.05) is 25.1 Å². The second-order valence-corrected chi connectivity index (χ2v) is 7.38. The van der Waals surface area contributed by atoms with E-state index in [1.54, 1.807) is 0 Å². The van der Waals surface area contributed by atoms with Crippen molar-refractivity contribution >= 4 is 0 Å². The molecular weight excluding hydrogens is 348 g/mol. The molecular formula is C24H32N2O2. The van der Waals surface area contributed by atoms with Crippen molar-refractivity contribution in [1.82, 2.24) is 10.2 Å². The van der Waals surface area contributed by atoms with Gasteiger partial charge in [0, 0.05) is 32.2 Å². The maximum Gasteiger partial charge on any atom is 0.161 e. The van der Waals surface area contributed by atoms with Crippen LogP contribution in [0.3, 0.4) is 0 Å². The fraction of sp³-hybridized carbons (Fsp3) is 0.417. The molecule has 4 heteroatoms. The van der Waals surface area contributed by atoms with Crippen molar-refractivity contribution in [3.05, 3.63) is 71.8 Å². The van der Waals surface area contributed by atoms with Crippen LogP contribution in [0.5, 0.6) is 11.5 Å². The van der Waals surface area contributed by atoms with Crippen LogP contribution in [0.4, 0.5) is 0 Å². The lowest BCUT2D eigenvalue weighted by Crippen LogP contribution is -2.45. The molecule has 0 saturated carbocycles. The molecule has 0 spiro atoms. The zero-order valence-electron chi connectivity index (χ0n) is 17.1. The molecule has 1 heterocycles. The molecule has 0 aliphatic carbocycles. The highest BCUT2D eigenvalue weighted by Crippen LogP contribution is 2.35. The number of benzene rings is 2. The van der Waals surface area contributed by atoms with E-state index in [9.17, 15) is 0 Å². The third-order valence-electron chi connectivity index (χ3n) is 5.02. The van der Waals surface area contributed by atoms with Gasteiger partial charge >= 0.3 is 0 Å². The van der Waals surface area contributed by atoms with Gasteiger partial charge in [0.25, 0.3) is 0 Å². The van der Waals surface area contributed by atoms with Crippen molar-refractivity contribution in [3.8, 4) is 11.5 Å². The molecule has 1 atom stereocenters. The summed E-state index contributed by atoms with van der Waals surface area (Å²) in [5.41, 5.74) is 3.61. The Kier molecular flexibility index (Phi) is 7.52. The van der Waals surface area contributed by atoms with E-state index in [-0.39, 0.29) is 0 Å². The van der Waals surface area contributed by atoms with Crippen LogP contribution < -0.4 is 14.8 Å². The van der Waals surface area contributed by atoms with Crippen molar-refractivity contribution in [1.29, 1.82) is 0 Å². The Labute approximate surface area is 169 Å². The van der Waals surface area contributed by atoms with Crippen LogP contribution in [0, 0.1) is 0 Å². The van der Waals surface area contributed by atoms with E-state index in [1.165, 1.54) is 11.1 Å². The summed E-state index contributed by atoms with van der Waals surface area (Å²) in [6.07, 6.45) is 0.954. The molecule has 1 fully saturated rings. The van der Waals surface area contributed by atoms with E-state index in [4.69, 9.17) is 9.47 Å². The lowest BCUT2D eigenvalue weighted by atomic mass is 9.97. The van der Waals surface area contributed by atoms with E-state index in [0.29, 0.717) is 19.3 Å². The molecule has 3 rings (SSSR count). The average Bonchev–Trinajstić information content (AvgIpc) is 2.72. The summed E-state index contributed by atoms with van der Waals surface area (Å²) in [4.78, 5) is 2.54. The molecule has 4 nitrogen and oxygen atoms in total. The first-order valence-corrected chi connectivity index (χ1v) is 10.2. The molecule has 1 aliphatic rings. The Morgan fingerprint density at radius 2 is 1.82 bits per heavy atom. The molecule has 1 saturated heterocycles. The lowest BCUT2D eigenvalue weighted by Gasteiger charge is -2.35. The molecule has 1 aliphatic heterocycles. The number of nitrogens with zero attached hydrogens (tertiary/aromatic N) is 1. The second kappa shape index (κ2) is 10.3. The van der Waals surface area contributed by atoms with Crippen LogP contribution in [0.1, 0.15) is 37.4 Å². The lowest BCUT2D eigenvalue weighted by molar-refractivity contribution is 0.172. The average molecular weight is 381 g/mol. The molecule has 28 heavy (non-hydrogen) atoms. The van der Waals surface area contributed by atoms with Gasteiger partial charge in [-0.3, -0.25) is 4.90 Å². The summed E-state index contributed by atoms with van der Waals surface area (Å²) in [5.74, 6) is 1.61. The molecule has 0 unspecified atom stereocenters. The highest BCUT2D eigenvalue weighted by atomic mass is 16.5. The van der Waals surface area contributed by atoms with Crippen LogP contribution >= 0.6 is 0 Å². The smallest absolute Gasteiger partial charge is 0.161 e. The van der Waals surface area contributed by atoms with Gasteiger partial charge in [0.2, 0.25) is 0 Å². The first-order valence-electron chi connectivity index (χ1n) is 10.2. The van der Waals surface area contributed by atoms with Gasteiger partial charge in [0.15, 0.2) is 11.5 Å². The summed E-state index contributed by atoms with van der Waals surface area (Å²) in [6.45, 7) is 13.6. The van der Waals surface area contributed by atoms with Crippen molar-refractivity contribution in [2.24, 2.45) is 0 Å². The summed E-state index contributed by atoms with van der Waals surface area (Å²) in [5, 5.41) is 3.44. The third kappa shape index (κ3) is 5.60. The molecule has 150 valence electrons. The van der Waals surface area contributed by atoms with Crippen LogP contribution in [0.25, 0.3) is 0 Å². The Morgan fingerprint density at radius 1 is 1.07 bits per heavy atom. The van der Waals surface area contributed by atoms with E-state index in [2.05, 4.69) is 54.1 Å². The summed E-state index contributed by atoms with van der Waals surface area (Å²) in [6, 6.07) is 16.9. The van der Waals surface area contributed by atoms with Crippen LogP contribution in [0.2, 0.25) is 0 Å². The Hall–Kier alpha value is -2.30. The molecule has 2 aromatic rings. The number of piperazine rings is 1. The van der Waals surface area contributed by atoms with E-state index in [0.717, 1.165) is 49.7 Å². The maximum atomic E-state index is 6.07. The number of nitrogens with one attached hydrogen (secondary N) is 1. The zero-order valence-corrected chi connectivity index (χ0v) is 17.1. The summed E-state index contributed by atoms with van der Waals surface area (Å²) < 4.78 is 12.0. The Morgan fingerprint density at radius 3 is 2.50 bits per heavy atom. The Bertz CT molecular complexity index is 754. The first kappa shape index (κ1) is 20.4. The predicted octanol–water partition coefficient (Wildman–Crippen LogP) is 4.58. The largest absolute Gasteiger partial charge is 0.490 e. The molecule has 0 radical (unpaired) electrons. The van der Waals surface area contributed by atoms with Crippen molar-refractivity contribution in [2.75, 3.05) is 32.8 Å². The minimum atomic E-state index is 0.321. The first-order chi connectivity index (χ1) is 13.7. The van der Waals surface area contributed by atoms with Crippen molar-refractivity contribution in [3.63, 3.8) is 0 Å². The fourth-order valence-corrected chi connectivity index (χ4v) is 3.64. The number of hydrogen-bond donors (Lipinski definition) is 1. The number of hydrogen-bond acceptors (Lipinski definition) is 4. The maximum absolute atomic E-state index is 6.07. The zero-order chi connectivity index (χ0) is 19.8. The Balaban J connectivity index is 1.81. The van der Waals surface area contributed by atoms with Gasteiger partial charge in [-0.25, -0.2) is 0 Å². The standard InChI is InChI=1S/C24H32N2O2/c1-4-27-24-17-21(22(16-19(2)3)26-14-12-25-13-15-26)10-11-23(24)28-18-20-8-6-5-7-9-20/h5-11,17,22,25H,2,4,12-16,18H2,1,3H3/t22-/m1/s1. The van der Waals surface area contributed by atoms with Gasteiger partial charge in [0.05, 0.1) is 6.61 Å². The quantitative estimate of drug-likeness (QED) is 0.646. The highest BCUT2D eigenvalue weighted by molar-refractivity contribution is 5.44. The number of rotatable bonds is 9. The minimum absolute atomic E-state index is 0.321. The van der Waals surface area contributed by atoms with Crippen molar-refractivity contribution in [2.45, 2.75) is 32.9 Å². The van der Waals surface area contributed by atoms with Gasteiger partial charge in [-0.1, -0.05) is 42.0 Å². The monoisotopic (exact) mass is 380 g/mol. The fourth-order valence-electron chi connectivity index (χ4n) is 3.64. The highest BCUT2D eigenvalue weighted by Gasteiger charge is 2.23. The molecule has 0 aromatic heterocycles. The topological polar surface area (TPSA) is 33.7 Å². The predicted molar refractivity (Wildman–Crippen MR) is 115 cm³/mol. The van der Waals surface area contributed by atoms with Gasteiger partial charge < -0.3 is 14.8 Å². The minimum Gasteiger partial charge on any atom is -0.490 e. The van der Waals surface area contributed by atoms with Crippen LogP contribution in [0.15, 0.2) is 60.7 Å². The van der Waals surface area contributed by atoms with Gasteiger partial charge in [-0.15, -0.1) is 6.58 Å². The normalized spacial score (nSPS) is 15.8. The van der Waals surface area contributed by atoms with Crippen molar-refractivity contribution < 1.29 is 9.47 Å². The summed E-state index contributed by atoms with van der Waals surface area (Å²) >= 11 is 0. The number of ether oxygens (including phenoxy) is 2. The van der Waals surface area contributed by atoms with Gasteiger partial charge in [-0.05, 0) is 43.5 Å². The molecule has 0 bridgehead atoms. The van der Waals surface area contributed by atoms with Gasteiger partial charge in [-0.2, -0.15) is 0 Å². The molecule has 0 amide bonds. The molecule has 1 N–H and O–H groups in total. The van der Waals surface area contributed by atoms with Crippen LogP contribution in [-0.2, 0) is 6.61 Å².